The molecule has 0 radical (unpaired) electrons. The molecule has 0 saturated carbocycles. The molecule has 0 spiro atoms. The average Bonchev–Trinajstić information content (AvgIpc) is 2.59. The van der Waals surface area contributed by atoms with Gasteiger partial charge in [0.05, 0.1) is 17.4 Å². The maximum absolute atomic E-state index is 11.9. The third-order valence-electron chi connectivity index (χ3n) is 5.32. The Morgan fingerprint density at radius 2 is 1.10 bits per heavy atom. The van der Waals surface area contributed by atoms with Crippen LogP contribution in [-0.4, -0.2) is 17.6 Å². The fourth-order valence-corrected chi connectivity index (χ4v) is 4.61. The van der Waals surface area contributed by atoms with Crippen LogP contribution < -0.4 is 74.2 Å². The number of carbonyl (C=O) groups excluding carboxylic acids is 2. The van der Waals surface area contributed by atoms with Crippen molar-refractivity contribution in [1.29, 1.82) is 0 Å². The van der Waals surface area contributed by atoms with E-state index in [1.54, 1.807) is 0 Å². The molecule has 0 aromatic rings. The first-order valence-electron chi connectivity index (χ1n) is 10.4. The number of carboxylic acids is 2. The summed E-state index contributed by atoms with van der Waals surface area (Å²) in [5.74, 6) is -3.43. The van der Waals surface area contributed by atoms with E-state index in [-0.39, 0.29) is 72.0 Å². The van der Waals surface area contributed by atoms with Gasteiger partial charge in [-0.25, -0.2) is 0 Å². The minimum absolute atomic E-state index is 0. The Hall–Kier alpha value is 1.00. The number of hydrogen-bond donors (Lipinski definition) is 0. The Labute approximate surface area is 221 Å². The summed E-state index contributed by atoms with van der Waals surface area (Å²) in [5, 5.41) is 23.4. The summed E-state index contributed by atoms with van der Waals surface area (Å²) >= 11 is 0. The van der Waals surface area contributed by atoms with Gasteiger partial charge in [-0.2, -0.15) is 0 Å². The van der Waals surface area contributed by atoms with Gasteiger partial charge < -0.3 is 24.7 Å². The van der Waals surface area contributed by atoms with Crippen molar-refractivity contribution in [3.05, 3.63) is 0 Å². The quantitative estimate of drug-likeness (QED) is 0.122. The van der Waals surface area contributed by atoms with Crippen LogP contribution in [0, 0.1) is 5.41 Å². The Kier molecular flexibility index (Phi) is 24.9. The zero-order valence-electron chi connectivity index (χ0n) is 18.9. The van der Waals surface area contributed by atoms with E-state index in [1.807, 2.05) is 0 Å². The summed E-state index contributed by atoms with van der Waals surface area (Å²) in [6.45, 7) is 4.19. The largest absolute Gasteiger partial charge is 1.00 e. The predicted molar refractivity (Wildman–Crippen MR) is 99.8 cm³/mol. The SMILES string of the molecule is CCCCCCCCC(CCCCCCCC)(C(=O)[O-])C(C(=O)[O-])[P+](=O)[O-].[Na+].[Na+]. The van der Waals surface area contributed by atoms with Crippen molar-refractivity contribution in [2.75, 3.05) is 0 Å². The van der Waals surface area contributed by atoms with Crippen molar-refractivity contribution in [3.63, 3.8) is 0 Å². The summed E-state index contributed by atoms with van der Waals surface area (Å²) in [4.78, 5) is 35.0. The zero-order valence-corrected chi connectivity index (χ0v) is 23.8. The van der Waals surface area contributed by atoms with E-state index in [4.69, 9.17) is 0 Å². The predicted octanol–water partition coefficient (Wildman–Crippen LogP) is -3.55. The molecule has 0 aliphatic carbocycles. The first kappa shape index (κ1) is 34.6. The van der Waals surface area contributed by atoms with Crippen molar-refractivity contribution in [2.24, 2.45) is 5.41 Å². The van der Waals surface area contributed by atoms with Crippen LogP contribution in [0.2, 0.25) is 0 Å². The number of rotatable bonds is 18. The number of carboxylic acid groups (broad SMARTS) is 2. The van der Waals surface area contributed by atoms with E-state index in [0.717, 1.165) is 64.2 Å². The first-order chi connectivity index (χ1) is 12.8. The smallest absolute Gasteiger partial charge is 0.595 e. The molecule has 0 rings (SSSR count). The molecular formula is C20H35Na2O6P. The minimum Gasteiger partial charge on any atom is -0.595 e. The number of unbranched alkanes of at least 4 members (excludes halogenated alkanes) is 10. The zero-order chi connectivity index (χ0) is 20.7. The molecule has 0 amide bonds. The second kappa shape index (κ2) is 20.9. The molecule has 0 aliphatic rings. The molecule has 6 nitrogen and oxygen atoms in total. The number of hydrogen-bond acceptors (Lipinski definition) is 6. The van der Waals surface area contributed by atoms with E-state index >= 15 is 0 Å². The molecule has 0 aliphatic heterocycles. The molecular weight excluding hydrogens is 413 g/mol. The van der Waals surface area contributed by atoms with E-state index in [1.165, 1.54) is 0 Å². The van der Waals surface area contributed by atoms with E-state index < -0.39 is 31.0 Å². The average molecular weight is 448 g/mol. The Balaban J connectivity index is -0.00000338. The molecule has 0 bridgehead atoms. The minimum atomic E-state index is -3.47. The van der Waals surface area contributed by atoms with E-state index in [2.05, 4.69) is 13.8 Å². The molecule has 0 N–H and O–H groups in total. The van der Waals surface area contributed by atoms with Crippen LogP contribution in [0.5, 0.6) is 0 Å². The van der Waals surface area contributed by atoms with Gasteiger partial charge in [0, 0.05) is 0 Å². The fraction of sp³-hybridized carbons (Fsp3) is 0.900. The monoisotopic (exact) mass is 448 g/mol. The molecule has 9 heteroatoms. The van der Waals surface area contributed by atoms with Crippen LogP contribution in [0.1, 0.15) is 104 Å². The molecule has 2 unspecified atom stereocenters. The van der Waals surface area contributed by atoms with Gasteiger partial charge in [-0.15, -0.1) is 0 Å². The van der Waals surface area contributed by atoms with Gasteiger partial charge in [0.2, 0.25) is 5.66 Å². The van der Waals surface area contributed by atoms with Crippen LogP contribution in [-0.2, 0) is 14.2 Å². The summed E-state index contributed by atoms with van der Waals surface area (Å²) in [6, 6.07) is 0. The topological polar surface area (TPSA) is 120 Å². The van der Waals surface area contributed by atoms with E-state index in [0.29, 0.717) is 12.8 Å². The number of aliphatic carboxylic acids is 2. The van der Waals surface area contributed by atoms with Gasteiger partial charge >= 0.3 is 67.1 Å². The molecule has 0 saturated heterocycles. The number of carbonyl (C=O) groups is 2. The van der Waals surface area contributed by atoms with Crippen LogP contribution in [0.3, 0.4) is 0 Å². The molecule has 0 fully saturated rings. The summed E-state index contributed by atoms with van der Waals surface area (Å²) in [5.41, 5.74) is -3.94. The third kappa shape index (κ3) is 13.9. The van der Waals surface area contributed by atoms with Crippen molar-refractivity contribution < 1.29 is 88.4 Å². The normalized spacial score (nSPS) is 12.4. The Morgan fingerprint density at radius 3 is 1.38 bits per heavy atom. The van der Waals surface area contributed by atoms with Crippen molar-refractivity contribution in [2.45, 2.75) is 109 Å². The van der Waals surface area contributed by atoms with Crippen molar-refractivity contribution in [1.82, 2.24) is 0 Å². The standard InChI is InChI=1S/C20H37O6P.2Na/c1-3-5-7-9-11-13-15-20(19(23)24,17(18(21)22)27(25)26)16-14-12-10-8-6-4-2;;/h17H,3-16H2,1-2H3,(H,21,22)(H,23,24);;/q;2*+1/p-2. The van der Waals surface area contributed by atoms with Gasteiger partial charge in [-0.1, -0.05) is 95.5 Å². The van der Waals surface area contributed by atoms with Gasteiger partial charge in [0.15, 0.2) is 0 Å². The summed E-state index contributed by atoms with van der Waals surface area (Å²) in [7, 11) is -3.47. The van der Waals surface area contributed by atoms with Gasteiger partial charge in [-0.3, -0.25) is 0 Å². The van der Waals surface area contributed by atoms with Crippen LogP contribution >= 0.6 is 8.03 Å². The Bertz CT molecular complexity index is 432. The van der Waals surface area contributed by atoms with E-state index in [9.17, 15) is 29.3 Å². The maximum Gasteiger partial charge on any atom is 1.00 e. The molecule has 0 heterocycles. The fourth-order valence-electron chi connectivity index (χ4n) is 3.67. The van der Waals surface area contributed by atoms with Gasteiger partial charge in [0.25, 0.3) is 0 Å². The third-order valence-corrected chi connectivity index (χ3v) is 6.44. The second-order valence-corrected chi connectivity index (χ2v) is 8.57. The van der Waals surface area contributed by atoms with Gasteiger partial charge in [-0.05, 0) is 12.8 Å². The maximum atomic E-state index is 11.9. The van der Waals surface area contributed by atoms with Gasteiger partial charge in [0.1, 0.15) is 0 Å². The molecule has 2 atom stereocenters. The molecule has 0 aromatic carbocycles. The second-order valence-electron chi connectivity index (χ2n) is 7.49. The summed E-state index contributed by atoms with van der Waals surface area (Å²) < 4.78 is 11.6. The van der Waals surface area contributed by atoms with Crippen LogP contribution in [0.15, 0.2) is 0 Å². The van der Waals surface area contributed by atoms with Crippen LogP contribution in [0.25, 0.3) is 0 Å². The van der Waals surface area contributed by atoms with Crippen LogP contribution in [0.4, 0.5) is 0 Å². The molecule has 29 heavy (non-hydrogen) atoms. The van der Waals surface area contributed by atoms with Crippen molar-refractivity contribution in [3.8, 4) is 0 Å². The Morgan fingerprint density at radius 1 is 0.759 bits per heavy atom. The van der Waals surface area contributed by atoms with Crippen molar-refractivity contribution >= 4 is 20.0 Å². The molecule has 0 aromatic heterocycles. The molecule has 158 valence electrons. The first-order valence-corrected chi connectivity index (χ1v) is 11.6. The summed E-state index contributed by atoms with van der Waals surface area (Å²) in [6.07, 6.45) is 10.7.